The van der Waals surface area contributed by atoms with Crippen LogP contribution < -0.4 is 10.6 Å². The molecule has 1 saturated carbocycles. The van der Waals surface area contributed by atoms with Crippen molar-refractivity contribution in [2.24, 2.45) is 0 Å². The van der Waals surface area contributed by atoms with Crippen LogP contribution in [0.1, 0.15) is 47.0 Å². The van der Waals surface area contributed by atoms with Crippen LogP contribution in [0.25, 0.3) is 11.3 Å². The molecule has 0 saturated heterocycles. The minimum absolute atomic E-state index is 0.0757. The van der Waals surface area contributed by atoms with E-state index in [4.69, 9.17) is 27.6 Å². The molecule has 0 spiro atoms. The number of nitrogens with one attached hydrogen (secondary N) is 2. The van der Waals surface area contributed by atoms with Gasteiger partial charge in [-0.25, -0.2) is 4.79 Å². The molecular weight excluding hydrogens is 503 g/mol. The van der Waals surface area contributed by atoms with E-state index >= 15 is 0 Å². The van der Waals surface area contributed by atoms with Crippen LogP contribution in [0.3, 0.4) is 0 Å². The highest BCUT2D eigenvalue weighted by atomic mass is 35.5. The topological polar surface area (TPSA) is 109 Å². The molecule has 0 bridgehead atoms. The standard InChI is InChI=1S/C26H22Cl2N4O4/c27-19-9-6-15(11-20(19)28)14-29-26(35)32-22(16-3-1-4-16)13-21(31-32)18-8-7-17(12-23(18)33)30-25(34)24-5-2-10-36-24/h2,5-13,16,33H,1,3-4,14H2,(H,29,35)(H,30,34). The molecule has 0 unspecified atom stereocenters. The van der Waals surface area contributed by atoms with Crippen molar-refractivity contribution < 1.29 is 19.1 Å². The number of aromatic hydroxyl groups is 1. The number of rotatable bonds is 6. The summed E-state index contributed by atoms with van der Waals surface area (Å²) < 4.78 is 6.45. The number of phenolic OH excluding ortho intramolecular Hbond substituents is 1. The zero-order valence-electron chi connectivity index (χ0n) is 19.0. The monoisotopic (exact) mass is 524 g/mol. The van der Waals surface area contributed by atoms with Gasteiger partial charge in [-0.3, -0.25) is 4.79 Å². The molecule has 184 valence electrons. The maximum Gasteiger partial charge on any atom is 0.342 e. The van der Waals surface area contributed by atoms with E-state index in [1.165, 1.54) is 17.0 Å². The zero-order chi connectivity index (χ0) is 25.2. The van der Waals surface area contributed by atoms with E-state index in [0.29, 0.717) is 27.0 Å². The molecule has 0 atom stereocenters. The number of hydrogen-bond donors (Lipinski definition) is 3. The lowest BCUT2D eigenvalue weighted by atomic mass is 9.82. The Balaban J connectivity index is 1.36. The average molecular weight is 525 g/mol. The van der Waals surface area contributed by atoms with Gasteiger partial charge in [-0.15, -0.1) is 0 Å². The zero-order valence-corrected chi connectivity index (χ0v) is 20.5. The third kappa shape index (κ3) is 4.96. The van der Waals surface area contributed by atoms with E-state index < -0.39 is 5.91 Å². The first kappa shape index (κ1) is 24.0. The normalized spacial score (nSPS) is 13.3. The number of benzene rings is 2. The van der Waals surface area contributed by atoms with Crippen molar-refractivity contribution in [2.45, 2.75) is 31.7 Å². The summed E-state index contributed by atoms with van der Waals surface area (Å²) in [7, 11) is 0. The van der Waals surface area contributed by atoms with E-state index in [1.54, 1.807) is 42.5 Å². The molecule has 0 radical (unpaired) electrons. The molecule has 8 nitrogen and oxygen atoms in total. The molecule has 2 amide bonds. The quantitative estimate of drug-likeness (QED) is 0.269. The third-order valence-electron chi connectivity index (χ3n) is 6.16. The molecule has 4 aromatic rings. The van der Waals surface area contributed by atoms with E-state index in [0.717, 1.165) is 30.5 Å². The SMILES string of the molecule is O=C(Nc1ccc(-c2cc(C3CCC3)n(C(=O)NCc3ccc(Cl)c(Cl)c3)n2)c(O)c1)c1ccco1. The van der Waals surface area contributed by atoms with E-state index in [9.17, 15) is 14.7 Å². The van der Waals surface area contributed by atoms with Crippen molar-refractivity contribution in [1.82, 2.24) is 15.1 Å². The lowest BCUT2D eigenvalue weighted by Gasteiger charge is -2.25. The Kier molecular flexibility index (Phi) is 6.71. The minimum Gasteiger partial charge on any atom is -0.507 e. The second-order valence-electron chi connectivity index (χ2n) is 8.56. The smallest absolute Gasteiger partial charge is 0.342 e. The van der Waals surface area contributed by atoms with Gasteiger partial charge in [0.2, 0.25) is 0 Å². The summed E-state index contributed by atoms with van der Waals surface area (Å²) in [5, 5.41) is 21.6. The maximum absolute atomic E-state index is 13.1. The van der Waals surface area contributed by atoms with Crippen LogP contribution in [0.2, 0.25) is 10.0 Å². The molecule has 1 aliphatic rings. The molecular formula is C26H22Cl2N4O4. The number of carbonyl (C=O) groups is 2. The van der Waals surface area contributed by atoms with Gasteiger partial charge in [0.1, 0.15) is 5.75 Å². The molecule has 1 fully saturated rings. The summed E-state index contributed by atoms with van der Waals surface area (Å²) >= 11 is 12.0. The first-order valence-corrected chi connectivity index (χ1v) is 12.1. The van der Waals surface area contributed by atoms with Crippen molar-refractivity contribution in [3.63, 3.8) is 0 Å². The van der Waals surface area contributed by atoms with Gasteiger partial charge in [0, 0.05) is 29.8 Å². The van der Waals surface area contributed by atoms with Gasteiger partial charge < -0.3 is 20.2 Å². The molecule has 5 rings (SSSR count). The van der Waals surface area contributed by atoms with Gasteiger partial charge in [-0.1, -0.05) is 35.7 Å². The second kappa shape index (κ2) is 10.1. The van der Waals surface area contributed by atoms with Crippen molar-refractivity contribution in [1.29, 1.82) is 0 Å². The van der Waals surface area contributed by atoms with Crippen LogP contribution in [0.5, 0.6) is 5.75 Å². The lowest BCUT2D eigenvalue weighted by molar-refractivity contribution is 0.0996. The summed E-state index contributed by atoms with van der Waals surface area (Å²) in [6, 6.07) is 14.5. The van der Waals surface area contributed by atoms with Crippen LogP contribution in [-0.2, 0) is 6.54 Å². The summed E-state index contributed by atoms with van der Waals surface area (Å²) in [6.07, 6.45) is 4.43. The second-order valence-corrected chi connectivity index (χ2v) is 9.38. The van der Waals surface area contributed by atoms with Crippen LogP contribution in [-0.4, -0.2) is 26.8 Å². The fourth-order valence-electron chi connectivity index (χ4n) is 4.01. The number of amides is 2. The van der Waals surface area contributed by atoms with Crippen molar-refractivity contribution in [3.05, 3.63) is 87.9 Å². The Labute approximate surface area is 216 Å². The molecule has 10 heteroatoms. The van der Waals surface area contributed by atoms with Gasteiger partial charge in [0.25, 0.3) is 5.91 Å². The Morgan fingerprint density at radius 1 is 1.08 bits per heavy atom. The number of carbonyl (C=O) groups excluding carboxylic acids is 2. The molecule has 1 aliphatic carbocycles. The molecule has 2 aromatic carbocycles. The Morgan fingerprint density at radius 3 is 2.58 bits per heavy atom. The van der Waals surface area contributed by atoms with Gasteiger partial charge in [0.05, 0.1) is 27.7 Å². The molecule has 2 heterocycles. The van der Waals surface area contributed by atoms with Gasteiger partial charge in [-0.2, -0.15) is 9.78 Å². The number of anilines is 1. The fourth-order valence-corrected chi connectivity index (χ4v) is 4.33. The maximum atomic E-state index is 13.1. The van der Waals surface area contributed by atoms with Crippen LogP contribution in [0.4, 0.5) is 10.5 Å². The highest BCUT2D eigenvalue weighted by molar-refractivity contribution is 6.42. The Morgan fingerprint density at radius 2 is 1.92 bits per heavy atom. The molecule has 2 aromatic heterocycles. The number of nitrogens with zero attached hydrogens (tertiary/aromatic N) is 2. The highest BCUT2D eigenvalue weighted by Crippen LogP contribution is 2.39. The highest BCUT2D eigenvalue weighted by Gasteiger charge is 2.27. The lowest BCUT2D eigenvalue weighted by Crippen LogP contribution is -2.31. The number of phenols is 1. The van der Waals surface area contributed by atoms with Gasteiger partial charge in [0.15, 0.2) is 5.76 Å². The first-order chi connectivity index (χ1) is 17.4. The Bertz CT molecular complexity index is 1430. The van der Waals surface area contributed by atoms with E-state index in [1.807, 2.05) is 6.07 Å². The summed E-state index contributed by atoms with van der Waals surface area (Å²) in [4.78, 5) is 25.3. The molecule has 3 N–H and O–H groups in total. The number of halogens is 2. The minimum atomic E-state index is -0.428. The number of aromatic nitrogens is 2. The van der Waals surface area contributed by atoms with Crippen molar-refractivity contribution in [2.75, 3.05) is 5.32 Å². The molecule has 0 aliphatic heterocycles. The predicted molar refractivity (Wildman–Crippen MR) is 137 cm³/mol. The average Bonchev–Trinajstić information content (AvgIpc) is 3.50. The van der Waals surface area contributed by atoms with Gasteiger partial charge in [-0.05, 0) is 60.9 Å². The van der Waals surface area contributed by atoms with Gasteiger partial charge >= 0.3 is 6.03 Å². The predicted octanol–water partition coefficient (Wildman–Crippen LogP) is 6.43. The third-order valence-corrected chi connectivity index (χ3v) is 6.90. The largest absolute Gasteiger partial charge is 0.507 e. The summed E-state index contributed by atoms with van der Waals surface area (Å²) in [5.74, 6) is -0.124. The van der Waals surface area contributed by atoms with Crippen LogP contribution >= 0.6 is 23.2 Å². The number of furan rings is 1. The Hall–Kier alpha value is -3.75. The van der Waals surface area contributed by atoms with Crippen molar-refractivity contribution >= 4 is 40.8 Å². The van der Waals surface area contributed by atoms with Crippen LogP contribution in [0.15, 0.2) is 65.3 Å². The van der Waals surface area contributed by atoms with Crippen molar-refractivity contribution in [3.8, 4) is 17.0 Å². The first-order valence-electron chi connectivity index (χ1n) is 11.4. The fraction of sp³-hybridized carbons (Fsp3) is 0.192. The van der Waals surface area contributed by atoms with E-state index in [-0.39, 0.29) is 30.0 Å². The van der Waals surface area contributed by atoms with Crippen LogP contribution in [0, 0.1) is 0 Å². The summed E-state index contributed by atoms with van der Waals surface area (Å²) in [6.45, 7) is 0.254. The van der Waals surface area contributed by atoms with E-state index in [2.05, 4.69) is 15.7 Å². The number of hydrogen-bond acceptors (Lipinski definition) is 5. The molecule has 36 heavy (non-hydrogen) atoms. The summed E-state index contributed by atoms with van der Waals surface area (Å²) in [5.41, 5.74) is 2.90.